The molecular formula is C19H33Cl2N3O. The summed E-state index contributed by atoms with van der Waals surface area (Å²) in [6.45, 7) is 8.19. The number of likely N-dealkylation sites (tertiary alicyclic amines) is 1. The van der Waals surface area contributed by atoms with E-state index in [0.717, 1.165) is 39.0 Å². The molecule has 0 saturated carbocycles. The number of carbonyl (C=O) groups excluding carboxylic acids is 1. The molecule has 1 saturated heterocycles. The zero-order chi connectivity index (χ0) is 16.8. The summed E-state index contributed by atoms with van der Waals surface area (Å²) in [4.78, 5) is 16.6. The topological polar surface area (TPSA) is 49.6 Å². The molecule has 1 fully saturated rings. The molecule has 0 bridgehead atoms. The lowest BCUT2D eigenvalue weighted by Gasteiger charge is -2.25. The van der Waals surface area contributed by atoms with Crippen LogP contribution in [-0.2, 0) is 11.3 Å². The van der Waals surface area contributed by atoms with Crippen molar-refractivity contribution >= 4 is 30.7 Å². The van der Waals surface area contributed by atoms with E-state index in [0.29, 0.717) is 11.8 Å². The van der Waals surface area contributed by atoms with E-state index in [1.54, 1.807) is 0 Å². The van der Waals surface area contributed by atoms with E-state index in [4.69, 9.17) is 5.73 Å². The average molecular weight is 390 g/mol. The Morgan fingerprint density at radius 3 is 2.52 bits per heavy atom. The highest BCUT2D eigenvalue weighted by atomic mass is 35.5. The zero-order valence-electron chi connectivity index (χ0n) is 15.6. The Balaban J connectivity index is 0.00000288. The van der Waals surface area contributed by atoms with Gasteiger partial charge in [0, 0.05) is 26.7 Å². The van der Waals surface area contributed by atoms with Gasteiger partial charge >= 0.3 is 0 Å². The number of hydrogen-bond donors (Lipinski definition) is 1. The second-order valence-electron chi connectivity index (χ2n) is 7.33. The van der Waals surface area contributed by atoms with Crippen LogP contribution in [0.2, 0.25) is 0 Å². The number of nitrogens with two attached hydrogens (primary N) is 1. The molecule has 25 heavy (non-hydrogen) atoms. The molecule has 6 heteroatoms. The molecule has 1 aromatic rings. The molecule has 0 radical (unpaired) electrons. The first kappa shape index (κ1) is 24.2. The number of carbonyl (C=O) groups is 1. The minimum absolute atomic E-state index is 0. The van der Waals surface area contributed by atoms with Crippen LogP contribution in [0.5, 0.6) is 0 Å². The summed E-state index contributed by atoms with van der Waals surface area (Å²) >= 11 is 0. The van der Waals surface area contributed by atoms with E-state index in [9.17, 15) is 4.79 Å². The molecule has 1 aliphatic heterocycles. The largest absolute Gasteiger partial charge is 0.344 e. The third kappa shape index (κ3) is 7.95. The maximum absolute atomic E-state index is 12.3. The van der Waals surface area contributed by atoms with E-state index >= 15 is 0 Å². The van der Waals surface area contributed by atoms with Crippen molar-refractivity contribution in [2.24, 2.45) is 17.6 Å². The summed E-state index contributed by atoms with van der Waals surface area (Å²) in [5.41, 5.74) is 7.38. The van der Waals surface area contributed by atoms with Crippen molar-refractivity contribution in [3.05, 3.63) is 35.9 Å². The summed E-state index contributed by atoms with van der Waals surface area (Å²) in [5, 5.41) is 0. The summed E-state index contributed by atoms with van der Waals surface area (Å²) in [7, 11) is 1.89. The molecule has 0 spiro atoms. The average Bonchev–Trinajstić information content (AvgIpc) is 2.93. The Kier molecular flexibility index (Phi) is 11.4. The normalized spacial score (nSPS) is 18.4. The van der Waals surface area contributed by atoms with E-state index in [1.165, 1.54) is 5.56 Å². The van der Waals surface area contributed by atoms with Gasteiger partial charge in [0.05, 0.1) is 6.04 Å². The van der Waals surface area contributed by atoms with Crippen LogP contribution in [0.4, 0.5) is 0 Å². The smallest absolute Gasteiger partial charge is 0.239 e. The molecule has 1 heterocycles. The maximum atomic E-state index is 12.3. The Labute approximate surface area is 164 Å². The fourth-order valence-corrected chi connectivity index (χ4v) is 3.42. The number of likely N-dealkylation sites (N-methyl/N-ethyl adjacent to an activating group) is 1. The van der Waals surface area contributed by atoms with Gasteiger partial charge in [-0.05, 0) is 36.8 Å². The van der Waals surface area contributed by atoms with Crippen molar-refractivity contribution < 1.29 is 4.79 Å². The molecule has 0 aliphatic carbocycles. The van der Waals surface area contributed by atoms with Gasteiger partial charge in [0.15, 0.2) is 0 Å². The van der Waals surface area contributed by atoms with Crippen molar-refractivity contribution in [2.75, 3.05) is 26.7 Å². The highest BCUT2D eigenvalue weighted by molar-refractivity contribution is 5.85. The molecule has 0 aromatic heterocycles. The van der Waals surface area contributed by atoms with Crippen LogP contribution in [-0.4, -0.2) is 48.4 Å². The van der Waals surface area contributed by atoms with Crippen LogP contribution in [0.15, 0.2) is 30.3 Å². The third-order valence-electron chi connectivity index (χ3n) is 4.57. The summed E-state index contributed by atoms with van der Waals surface area (Å²) in [6, 6.07) is 10.2. The van der Waals surface area contributed by atoms with Crippen molar-refractivity contribution in [3.63, 3.8) is 0 Å². The Morgan fingerprint density at radius 2 is 1.92 bits per heavy atom. The predicted octanol–water partition coefficient (Wildman–Crippen LogP) is 3.18. The van der Waals surface area contributed by atoms with Gasteiger partial charge in [-0.2, -0.15) is 0 Å². The predicted molar refractivity (Wildman–Crippen MR) is 109 cm³/mol. The molecule has 2 N–H and O–H groups in total. The van der Waals surface area contributed by atoms with Gasteiger partial charge in [0.25, 0.3) is 0 Å². The van der Waals surface area contributed by atoms with E-state index < -0.39 is 0 Å². The van der Waals surface area contributed by atoms with Crippen molar-refractivity contribution in [3.8, 4) is 0 Å². The van der Waals surface area contributed by atoms with E-state index in [2.05, 4.69) is 49.1 Å². The second kappa shape index (κ2) is 11.7. The minimum Gasteiger partial charge on any atom is -0.344 e. The molecule has 2 atom stereocenters. The van der Waals surface area contributed by atoms with Crippen molar-refractivity contribution in [2.45, 2.75) is 39.3 Å². The highest BCUT2D eigenvalue weighted by Gasteiger charge is 2.26. The minimum atomic E-state index is -0.359. The van der Waals surface area contributed by atoms with Gasteiger partial charge in [-0.3, -0.25) is 9.69 Å². The number of hydrogen-bond acceptors (Lipinski definition) is 3. The molecule has 1 aliphatic rings. The van der Waals surface area contributed by atoms with Crippen molar-refractivity contribution in [1.82, 2.24) is 9.80 Å². The van der Waals surface area contributed by atoms with E-state index in [1.807, 2.05) is 11.9 Å². The first-order chi connectivity index (χ1) is 11.0. The van der Waals surface area contributed by atoms with Crippen molar-refractivity contribution in [1.29, 1.82) is 0 Å². The second-order valence-corrected chi connectivity index (χ2v) is 7.33. The number of amides is 1. The lowest BCUT2D eigenvalue weighted by Crippen LogP contribution is -2.44. The third-order valence-corrected chi connectivity index (χ3v) is 4.57. The van der Waals surface area contributed by atoms with Gasteiger partial charge in [-0.1, -0.05) is 44.2 Å². The molecule has 144 valence electrons. The summed E-state index contributed by atoms with van der Waals surface area (Å²) < 4.78 is 0. The number of rotatable bonds is 7. The Morgan fingerprint density at radius 1 is 1.28 bits per heavy atom. The number of halogens is 2. The van der Waals surface area contributed by atoms with Crippen LogP contribution >= 0.6 is 24.8 Å². The van der Waals surface area contributed by atoms with Crippen LogP contribution in [0.1, 0.15) is 32.3 Å². The molecule has 1 aromatic carbocycles. The summed E-state index contributed by atoms with van der Waals surface area (Å²) in [6.07, 6.45) is 1.91. The fraction of sp³-hybridized carbons (Fsp3) is 0.632. The van der Waals surface area contributed by atoms with Gasteiger partial charge in [0.1, 0.15) is 0 Å². The first-order valence-electron chi connectivity index (χ1n) is 8.72. The van der Waals surface area contributed by atoms with Crippen LogP contribution in [0.25, 0.3) is 0 Å². The number of benzene rings is 1. The fourth-order valence-electron chi connectivity index (χ4n) is 3.42. The van der Waals surface area contributed by atoms with Crippen LogP contribution in [0.3, 0.4) is 0 Å². The zero-order valence-corrected chi connectivity index (χ0v) is 17.2. The van der Waals surface area contributed by atoms with E-state index in [-0.39, 0.29) is 36.8 Å². The first-order valence-corrected chi connectivity index (χ1v) is 8.72. The Bertz CT molecular complexity index is 499. The maximum Gasteiger partial charge on any atom is 0.239 e. The molecule has 2 rings (SSSR count). The van der Waals surface area contributed by atoms with Crippen LogP contribution < -0.4 is 5.73 Å². The lowest BCUT2D eigenvalue weighted by molar-refractivity contribution is -0.132. The monoisotopic (exact) mass is 389 g/mol. The Hall–Kier alpha value is -0.810. The number of nitrogens with zero attached hydrogens (tertiary/aromatic N) is 2. The van der Waals surface area contributed by atoms with Crippen LogP contribution in [0, 0.1) is 11.8 Å². The summed E-state index contributed by atoms with van der Waals surface area (Å²) in [5.74, 6) is 1.09. The standard InChI is InChI=1S/C19H31N3O.2ClH/c1-15(2)11-18(20)19(23)21(3)12-17-9-10-22(14-17)13-16-7-5-4-6-8-16;;/h4-8,15,17-18H,9-14,20H2,1-3H3;2*1H/t17?,18-;;/m0../s1. The van der Waals surface area contributed by atoms with Gasteiger partial charge < -0.3 is 10.6 Å². The SMILES string of the molecule is CC(C)C[C@H](N)C(=O)N(C)CC1CCN(Cc2ccccc2)C1.Cl.Cl. The van der Waals surface area contributed by atoms with Gasteiger partial charge in [-0.25, -0.2) is 0 Å². The van der Waals surface area contributed by atoms with Gasteiger partial charge in [-0.15, -0.1) is 24.8 Å². The quantitative estimate of drug-likeness (QED) is 0.778. The molecule has 1 amide bonds. The van der Waals surface area contributed by atoms with Gasteiger partial charge in [0.2, 0.25) is 5.91 Å². The molecular weight excluding hydrogens is 357 g/mol. The molecule has 1 unspecified atom stereocenters. The lowest BCUT2D eigenvalue weighted by atomic mass is 10.0. The molecule has 4 nitrogen and oxygen atoms in total. The highest BCUT2D eigenvalue weighted by Crippen LogP contribution is 2.20.